The summed E-state index contributed by atoms with van der Waals surface area (Å²) in [6.07, 6.45) is 4.09. The first-order valence-electron chi connectivity index (χ1n) is 11.3. The van der Waals surface area contributed by atoms with Crippen LogP contribution in [-0.4, -0.2) is 48.0 Å². The summed E-state index contributed by atoms with van der Waals surface area (Å²) < 4.78 is 0. The summed E-state index contributed by atoms with van der Waals surface area (Å²) in [5, 5.41) is 12.7. The maximum Gasteiger partial charge on any atom is 0.223 e. The molecule has 0 unspecified atom stereocenters. The summed E-state index contributed by atoms with van der Waals surface area (Å²) in [5.74, 6) is 1.63. The largest absolute Gasteiger partial charge is 0.368 e. The number of rotatable bonds is 12. The first kappa shape index (κ1) is 25.7. The van der Waals surface area contributed by atoms with Crippen LogP contribution in [0.3, 0.4) is 0 Å². The number of amides is 2. The number of nitrogens with zero attached hydrogens (tertiary/aromatic N) is 2. The minimum atomic E-state index is -0.0868. The van der Waals surface area contributed by atoms with E-state index in [0.29, 0.717) is 55.1 Å². The smallest absolute Gasteiger partial charge is 0.223 e. The van der Waals surface area contributed by atoms with Crippen molar-refractivity contribution in [1.82, 2.24) is 20.6 Å². The van der Waals surface area contributed by atoms with Gasteiger partial charge in [0.05, 0.1) is 0 Å². The van der Waals surface area contributed by atoms with Crippen molar-refractivity contribution in [2.24, 2.45) is 0 Å². The third-order valence-corrected chi connectivity index (χ3v) is 5.05. The Kier molecular flexibility index (Phi) is 10.1. The van der Waals surface area contributed by atoms with Crippen molar-refractivity contribution < 1.29 is 9.59 Å². The summed E-state index contributed by atoms with van der Waals surface area (Å²) in [6, 6.07) is 18.9. The van der Waals surface area contributed by atoms with Gasteiger partial charge >= 0.3 is 0 Å². The molecule has 1 aromatic heterocycles. The van der Waals surface area contributed by atoms with Crippen molar-refractivity contribution in [2.75, 3.05) is 36.8 Å². The Morgan fingerprint density at radius 2 is 1.49 bits per heavy atom. The lowest BCUT2D eigenvalue weighted by Gasteiger charge is -2.12. The van der Waals surface area contributed by atoms with E-state index >= 15 is 0 Å². The van der Waals surface area contributed by atoms with E-state index in [-0.39, 0.29) is 11.8 Å². The minimum absolute atomic E-state index is 0.0520. The minimum Gasteiger partial charge on any atom is -0.368 e. The molecule has 35 heavy (non-hydrogen) atoms. The summed E-state index contributed by atoms with van der Waals surface area (Å²) in [4.78, 5) is 32.3. The fourth-order valence-electron chi connectivity index (χ4n) is 3.12. The molecule has 3 rings (SSSR count). The van der Waals surface area contributed by atoms with Gasteiger partial charge in [-0.05, 0) is 29.8 Å². The number of carbonyl (C=O) groups excluding carboxylic acids is 2. The average Bonchev–Trinajstić information content (AvgIpc) is 2.85. The Bertz CT molecular complexity index is 1140. The van der Waals surface area contributed by atoms with E-state index in [4.69, 9.17) is 11.6 Å². The maximum absolute atomic E-state index is 12.1. The van der Waals surface area contributed by atoms with Crippen LogP contribution in [0.1, 0.15) is 18.9 Å². The van der Waals surface area contributed by atoms with Crippen molar-refractivity contribution in [3.05, 3.63) is 77.3 Å². The Hall–Kier alpha value is -3.91. The third-order valence-electron chi connectivity index (χ3n) is 4.80. The second-order valence-corrected chi connectivity index (χ2v) is 8.11. The normalized spacial score (nSPS) is 10.7. The monoisotopic (exact) mass is 492 g/mol. The van der Waals surface area contributed by atoms with Gasteiger partial charge in [-0.2, -0.15) is 0 Å². The molecular weight excluding hydrogens is 464 g/mol. The first-order valence-corrected chi connectivity index (χ1v) is 11.7. The van der Waals surface area contributed by atoms with Gasteiger partial charge in [0.25, 0.3) is 0 Å². The molecule has 0 atom stereocenters. The van der Waals surface area contributed by atoms with Gasteiger partial charge in [0.2, 0.25) is 11.8 Å². The molecule has 0 bridgehead atoms. The van der Waals surface area contributed by atoms with Crippen LogP contribution in [0.4, 0.5) is 11.6 Å². The zero-order valence-electron chi connectivity index (χ0n) is 19.6. The average molecular weight is 493 g/mol. The molecule has 0 saturated heterocycles. The zero-order chi connectivity index (χ0) is 24.9. The summed E-state index contributed by atoms with van der Waals surface area (Å²) >= 11 is 6.01. The molecule has 1 heterocycles. The number of halogens is 1. The maximum atomic E-state index is 12.1. The number of carbonyl (C=O) groups is 2. The van der Waals surface area contributed by atoms with E-state index in [1.54, 1.807) is 18.2 Å². The highest BCUT2D eigenvalue weighted by Gasteiger charge is 2.08. The highest BCUT2D eigenvalue weighted by molar-refractivity contribution is 6.30. The predicted octanol–water partition coefficient (Wildman–Crippen LogP) is 3.98. The molecule has 0 fully saturated rings. The SMILES string of the molecule is CC(=O)NCCNc1cc(NCCNC(=O)C/C=C/c2ccccc2)nc(-c2ccc(Cl)cc2)n1. The summed E-state index contributed by atoms with van der Waals surface area (Å²) in [7, 11) is 0. The third kappa shape index (κ3) is 9.46. The number of hydrogen-bond donors (Lipinski definition) is 4. The van der Waals surface area contributed by atoms with E-state index in [1.165, 1.54) is 6.92 Å². The van der Waals surface area contributed by atoms with Crippen molar-refractivity contribution in [3.8, 4) is 11.4 Å². The van der Waals surface area contributed by atoms with E-state index < -0.39 is 0 Å². The highest BCUT2D eigenvalue weighted by atomic mass is 35.5. The summed E-state index contributed by atoms with van der Waals surface area (Å²) in [6.45, 7) is 3.41. The molecule has 3 aromatic rings. The molecule has 4 N–H and O–H groups in total. The standard InChI is InChI=1S/C26H29ClN6O2/c1-19(34)28-14-15-29-23-18-24(33-26(32-23)21-10-12-22(27)13-11-21)30-16-17-31-25(35)9-5-8-20-6-3-2-4-7-20/h2-8,10-13,18H,9,14-17H2,1H3,(H,28,34)(H,31,35)(H2,29,30,32,33)/b8-5+. The molecule has 2 amide bonds. The van der Waals surface area contributed by atoms with Gasteiger partial charge in [-0.3, -0.25) is 9.59 Å². The van der Waals surface area contributed by atoms with E-state index in [2.05, 4.69) is 31.2 Å². The second-order valence-electron chi connectivity index (χ2n) is 7.67. The van der Waals surface area contributed by atoms with Crippen LogP contribution in [0.5, 0.6) is 0 Å². The fourth-order valence-corrected chi connectivity index (χ4v) is 3.24. The molecular formula is C26H29ClN6O2. The highest BCUT2D eigenvalue weighted by Crippen LogP contribution is 2.22. The van der Waals surface area contributed by atoms with Crippen molar-refractivity contribution in [3.63, 3.8) is 0 Å². The molecule has 0 saturated carbocycles. The van der Waals surface area contributed by atoms with Gasteiger partial charge in [-0.1, -0.05) is 54.1 Å². The van der Waals surface area contributed by atoms with E-state index in [0.717, 1.165) is 11.1 Å². The van der Waals surface area contributed by atoms with Crippen molar-refractivity contribution in [2.45, 2.75) is 13.3 Å². The van der Waals surface area contributed by atoms with Crippen LogP contribution in [0.2, 0.25) is 5.02 Å². The topological polar surface area (TPSA) is 108 Å². The quantitative estimate of drug-likeness (QED) is 0.285. The van der Waals surface area contributed by atoms with Gasteiger partial charge in [-0.25, -0.2) is 9.97 Å². The van der Waals surface area contributed by atoms with Gasteiger partial charge in [-0.15, -0.1) is 0 Å². The number of hydrogen-bond acceptors (Lipinski definition) is 6. The lowest BCUT2D eigenvalue weighted by Crippen LogP contribution is -2.28. The molecule has 9 heteroatoms. The van der Waals surface area contributed by atoms with Crippen LogP contribution >= 0.6 is 11.6 Å². The molecule has 2 aromatic carbocycles. The fraction of sp³-hybridized carbons (Fsp3) is 0.231. The predicted molar refractivity (Wildman–Crippen MR) is 141 cm³/mol. The Labute approximate surface area is 210 Å². The van der Waals surface area contributed by atoms with Crippen LogP contribution < -0.4 is 21.3 Å². The summed E-state index contributed by atoms with van der Waals surface area (Å²) in [5.41, 5.74) is 1.88. The van der Waals surface area contributed by atoms with Crippen LogP contribution in [0.25, 0.3) is 17.5 Å². The molecule has 0 aliphatic carbocycles. The van der Waals surface area contributed by atoms with Crippen LogP contribution in [0.15, 0.2) is 66.7 Å². The lowest BCUT2D eigenvalue weighted by atomic mass is 10.2. The van der Waals surface area contributed by atoms with Crippen LogP contribution in [-0.2, 0) is 9.59 Å². The molecule has 0 aliphatic rings. The molecule has 0 spiro atoms. The Morgan fingerprint density at radius 3 is 2.11 bits per heavy atom. The van der Waals surface area contributed by atoms with Crippen LogP contribution in [0, 0.1) is 0 Å². The molecule has 182 valence electrons. The van der Waals surface area contributed by atoms with E-state index in [9.17, 15) is 9.59 Å². The Balaban J connectivity index is 1.54. The van der Waals surface area contributed by atoms with Crippen molar-refractivity contribution >= 4 is 41.1 Å². The van der Waals surface area contributed by atoms with Gasteiger partial charge < -0.3 is 21.3 Å². The lowest BCUT2D eigenvalue weighted by molar-refractivity contribution is -0.120. The molecule has 0 aliphatic heterocycles. The zero-order valence-corrected chi connectivity index (χ0v) is 20.3. The number of anilines is 2. The Morgan fingerprint density at radius 1 is 0.857 bits per heavy atom. The number of benzene rings is 2. The van der Waals surface area contributed by atoms with Gasteiger partial charge in [0, 0.05) is 56.2 Å². The first-order chi connectivity index (χ1) is 17.0. The van der Waals surface area contributed by atoms with Gasteiger partial charge in [0.15, 0.2) is 5.82 Å². The second kappa shape index (κ2) is 13.7. The molecule has 8 nitrogen and oxygen atoms in total. The number of nitrogens with one attached hydrogen (secondary N) is 4. The van der Waals surface area contributed by atoms with Crippen molar-refractivity contribution in [1.29, 1.82) is 0 Å². The molecule has 0 radical (unpaired) electrons. The number of aromatic nitrogens is 2. The van der Waals surface area contributed by atoms with Gasteiger partial charge in [0.1, 0.15) is 11.6 Å². The van der Waals surface area contributed by atoms with E-state index in [1.807, 2.05) is 54.6 Å².